The first-order chi connectivity index (χ1) is 9.78. The standard InChI is InChI=1S/C12H15N3O4S2/c1-14(11-6-7-21(18,19)8-11)12(20)13-9-2-4-10(5-3-9)15(16)17/h2-5,11H,6-8H2,1H3,(H,13,20)/t11-/m1/s1. The van der Waals surface area contributed by atoms with Crippen molar-refractivity contribution in [2.75, 3.05) is 23.9 Å². The highest BCUT2D eigenvalue weighted by Gasteiger charge is 2.31. The van der Waals surface area contributed by atoms with E-state index in [1.165, 1.54) is 12.1 Å². The molecular weight excluding hydrogens is 314 g/mol. The molecule has 0 radical (unpaired) electrons. The van der Waals surface area contributed by atoms with Gasteiger partial charge in [-0.25, -0.2) is 8.42 Å². The highest BCUT2D eigenvalue weighted by atomic mass is 32.2. The predicted molar refractivity (Wildman–Crippen MR) is 84.1 cm³/mol. The molecular formula is C12H15N3O4S2. The topological polar surface area (TPSA) is 92.5 Å². The number of benzene rings is 1. The van der Waals surface area contributed by atoms with Gasteiger partial charge >= 0.3 is 0 Å². The SMILES string of the molecule is CN(C(=S)Nc1ccc([N+](=O)[O-])cc1)[C@@H]1CCS(=O)(=O)C1. The molecule has 1 atom stereocenters. The van der Waals surface area contributed by atoms with Crippen LogP contribution in [0.5, 0.6) is 0 Å². The summed E-state index contributed by atoms with van der Waals surface area (Å²) in [5.41, 5.74) is 0.625. The van der Waals surface area contributed by atoms with Gasteiger partial charge in [0.1, 0.15) is 0 Å². The van der Waals surface area contributed by atoms with Gasteiger partial charge in [0.25, 0.3) is 5.69 Å². The Hall–Kier alpha value is -1.74. The Balaban J connectivity index is 1.99. The third-order valence-electron chi connectivity index (χ3n) is 3.41. The van der Waals surface area contributed by atoms with Crippen LogP contribution in [0, 0.1) is 10.1 Å². The second-order valence-corrected chi connectivity index (χ2v) is 7.52. The summed E-state index contributed by atoms with van der Waals surface area (Å²) in [4.78, 5) is 11.8. The van der Waals surface area contributed by atoms with Crippen molar-refractivity contribution < 1.29 is 13.3 Å². The summed E-state index contributed by atoms with van der Waals surface area (Å²) in [6, 6.07) is 5.75. The number of rotatable bonds is 3. The monoisotopic (exact) mass is 329 g/mol. The molecule has 1 heterocycles. The van der Waals surface area contributed by atoms with Gasteiger partial charge in [0.15, 0.2) is 14.9 Å². The molecule has 1 aliphatic rings. The molecule has 0 unspecified atom stereocenters. The van der Waals surface area contributed by atoms with Crippen molar-refractivity contribution in [3.8, 4) is 0 Å². The minimum atomic E-state index is -2.97. The van der Waals surface area contributed by atoms with E-state index in [4.69, 9.17) is 12.2 Å². The Morgan fingerprint density at radius 2 is 2.05 bits per heavy atom. The maximum Gasteiger partial charge on any atom is 0.269 e. The van der Waals surface area contributed by atoms with Crippen molar-refractivity contribution in [1.29, 1.82) is 0 Å². The zero-order valence-electron chi connectivity index (χ0n) is 11.4. The number of non-ortho nitro benzene ring substituents is 1. The fourth-order valence-electron chi connectivity index (χ4n) is 2.12. The first kappa shape index (κ1) is 15.6. The van der Waals surface area contributed by atoms with Crippen LogP contribution in [0.25, 0.3) is 0 Å². The molecule has 2 rings (SSSR count). The number of sulfone groups is 1. The Kier molecular flexibility index (Phi) is 4.43. The molecule has 1 aromatic rings. The molecule has 1 saturated heterocycles. The van der Waals surface area contributed by atoms with Crippen LogP contribution in [0.3, 0.4) is 0 Å². The third kappa shape index (κ3) is 3.88. The summed E-state index contributed by atoms with van der Waals surface area (Å²) in [6.07, 6.45) is 0.556. The normalized spacial score (nSPS) is 20.0. The van der Waals surface area contributed by atoms with Crippen LogP contribution in [-0.2, 0) is 9.84 Å². The van der Waals surface area contributed by atoms with Crippen LogP contribution in [0.15, 0.2) is 24.3 Å². The van der Waals surface area contributed by atoms with Crippen LogP contribution >= 0.6 is 12.2 Å². The molecule has 1 aliphatic heterocycles. The minimum absolute atomic E-state index is 0.00158. The minimum Gasteiger partial charge on any atom is -0.348 e. The zero-order valence-corrected chi connectivity index (χ0v) is 13.0. The number of hydrogen-bond donors (Lipinski definition) is 1. The lowest BCUT2D eigenvalue weighted by molar-refractivity contribution is -0.384. The molecule has 0 aliphatic carbocycles. The molecule has 0 amide bonds. The van der Waals surface area contributed by atoms with Crippen LogP contribution in [0.4, 0.5) is 11.4 Å². The van der Waals surface area contributed by atoms with Gasteiger partial charge in [-0.2, -0.15) is 0 Å². The van der Waals surface area contributed by atoms with Crippen molar-refractivity contribution in [1.82, 2.24) is 4.90 Å². The number of thiocarbonyl (C=S) groups is 1. The van der Waals surface area contributed by atoms with E-state index in [0.717, 1.165) is 0 Å². The number of nitrogens with zero attached hydrogens (tertiary/aromatic N) is 2. The smallest absolute Gasteiger partial charge is 0.269 e. The average molecular weight is 329 g/mol. The number of hydrogen-bond acceptors (Lipinski definition) is 5. The van der Waals surface area contributed by atoms with E-state index in [1.54, 1.807) is 24.1 Å². The molecule has 1 aromatic carbocycles. The van der Waals surface area contributed by atoms with E-state index in [0.29, 0.717) is 17.2 Å². The largest absolute Gasteiger partial charge is 0.348 e. The Bertz CT molecular complexity index is 658. The van der Waals surface area contributed by atoms with Crippen LogP contribution < -0.4 is 5.32 Å². The molecule has 0 aromatic heterocycles. The van der Waals surface area contributed by atoms with Gasteiger partial charge in [0.2, 0.25) is 0 Å². The van der Waals surface area contributed by atoms with Gasteiger partial charge in [-0.1, -0.05) is 0 Å². The van der Waals surface area contributed by atoms with E-state index in [-0.39, 0.29) is 23.2 Å². The van der Waals surface area contributed by atoms with Gasteiger partial charge in [-0.3, -0.25) is 10.1 Å². The maximum atomic E-state index is 11.5. The van der Waals surface area contributed by atoms with Gasteiger partial charge in [0, 0.05) is 30.9 Å². The number of nitro benzene ring substituents is 1. The van der Waals surface area contributed by atoms with E-state index in [9.17, 15) is 18.5 Å². The fourth-order valence-corrected chi connectivity index (χ4v) is 4.17. The Morgan fingerprint density at radius 1 is 1.43 bits per heavy atom. The quantitative estimate of drug-likeness (QED) is 0.509. The molecule has 0 saturated carbocycles. The van der Waals surface area contributed by atoms with Gasteiger partial charge < -0.3 is 10.2 Å². The van der Waals surface area contributed by atoms with Gasteiger partial charge in [0.05, 0.1) is 16.4 Å². The summed E-state index contributed by atoms with van der Waals surface area (Å²) in [5, 5.41) is 13.9. The third-order valence-corrected chi connectivity index (χ3v) is 5.55. The average Bonchev–Trinajstić information content (AvgIpc) is 2.78. The van der Waals surface area contributed by atoms with E-state index in [1.807, 2.05) is 0 Å². The van der Waals surface area contributed by atoms with E-state index < -0.39 is 14.8 Å². The summed E-state index contributed by atoms with van der Waals surface area (Å²) in [7, 11) is -1.22. The summed E-state index contributed by atoms with van der Waals surface area (Å²) in [6.45, 7) is 0. The summed E-state index contributed by atoms with van der Waals surface area (Å²) in [5.74, 6) is 0.285. The summed E-state index contributed by atoms with van der Waals surface area (Å²) < 4.78 is 22.9. The first-order valence-electron chi connectivity index (χ1n) is 6.27. The van der Waals surface area contributed by atoms with Crippen molar-refractivity contribution in [2.24, 2.45) is 0 Å². The highest BCUT2D eigenvalue weighted by molar-refractivity contribution is 7.91. The second kappa shape index (κ2) is 5.94. The van der Waals surface area contributed by atoms with Crippen LogP contribution in [-0.4, -0.2) is 47.9 Å². The van der Waals surface area contributed by atoms with Crippen molar-refractivity contribution in [2.45, 2.75) is 12.5 Å². The zero-order chi connectivity index (χ0) is 15.6. The molecule has 114 valence electrons. The molecule has 1 fully saturated rings. The lowest BCUT2D eigenvalue weighted by Gasteiger charge is -2.26. The Morgan fingerprint density at radius 3 is 2.52 bits per heavy atom. The number of nitro groups is 1. The van der Waals surface area contributed by atoms with Crippen molar-refractivity contribution in [3.05, 3.63) is 34.4 Å². The molecule has 21 heavy (non-hydrogen) atoms. The Labute approximate surface area is 128 Å². The second-order valence-electron chi connectivity index (χ2n) is 4.90. The number of nitrogens with one attached hydrogen (secondary N) is 1. The predicted octanol–water partition coefficient (Wildman–Crippen LogP) is 1.41. The molecule has 0 spiro atoms. The lowest BCUT2D eigenvalue weighted by Crippen LogP contribution is -2.40. The molecule has 0 bridgehead atoms. The van der Waals surface area contributed by atoms with E-state index >= 15 is 0 Å². The van der Waals surface area contributed by atoms with Gasteiger partial charge in [-0.05, 0) is 30.8 Å². The highest BCUT2D eigenvalue weighted by Crippen LogP contribution is 2.19. The summed E-state index contributed by atoms with van der Waals surface area (Å²) >= 11 is 5.24. The van der Waals surface area contributed by atoms with E-state index in [2.05, 4.69) is 5.32 Å². The van der Waals surface area contributed by atoms with Crippen molar-refractivity contribution >= 4 is 38.5 Å². The van der Waals surface area contributed by atoms with Crippen molar-refractivity contribution in [3.63, 3.8) is 0 Å². The van der Waals surface area contributed by atoms with Gasteiger partial charge in [-0.15, -0.1) is 0 Å². The molecule has 9 heteroatoms. The van der Waals surface area contributed by atoms with Crippen LogP contribution in [0.1, 0.15) is 6.42 Å². The first-order valence-corrected chi connectivity index (χ1v) is 8.50. The maximum absolute atomic E-state index is 11.5. The number of anilines is 1. The molecule has 7 nitrogen and oxygen atoms in total. The van der Waals surface area contributed by atoms with Crippen LogP contribution in [0.2, 0.25) is 0 Å². The lowest BCUT2D eigenvalue weighted by atomic mass is 10.2. The molecule has 1 N–H and O–H groups in total. The fraction of sp³-hybridized carbons (Fsp3) is 0.417.